The molecule has 6 aromatic carbocycles. The molecule has 0 N–H and O–H groups in total. The van der Waals surface area contributed by atoms with Gasteiger partial charge in [0.1, 0.15) is 16.9 Å². The Morgan fingerprint density at radius 2 is 1.37 bits per heavy atom. The Morgan fingerprint density at radius 1 is 0.593 bits per heavy atom. The molecule has 2 nitrogen and oxygen atoms in total. The first-order valence-electron chi connectivity index (χ1n) is 18.4. The molecule has 2 heteroatoms. The van der Waals surface area contributed by atoms with Crippen LogP contribution in [0.3, 0.4) is 0 Å². The Kier molecular flexibility index (Phi) is 8.49. The fraction of sp³-hybridized carbons (Fsp3) is 0.0385. The summed E-state index contributed by atoms with van der Waals surface area (Å²) in [5, 5.41) is 9.21. The second-order valence-corrected chi connectivity index (χ2v) is 13.7. The van der Waals surface area contributed by atoms with Crippen LogP contribution in [0.5, 0.6) is 0 Å². The number of hydrogen-bond acceptors (Lipinski definition) is 2. The van der Waals surface area contributed by atoms with Gasteiger partial charge >= 0.3 is 0 Å². The molecule has 0 atom stereocenters. The Bertz CT molecular complexity index is 3050. The van der Waals surface area contributed by atoms with Crippen molar-refractivity contribution >= 4 is 73.4 Å². The van der Waals surface area contributed by atoms with Gasteiger partial charge in [-0.25, -0.2) is 0 Å². The molecule has 2 heterocycles. The van der Waals surface area contributed by atoms with Crippen molar-refractivity contribution in [3.63, 3.8) is 0 Å². The molecule has 2 aromatic heterocycles. The Morgan fingerprint density at radius 3 is 2.24 bits per heavy atom. The van der Waals surface area contributed by atoms with Crippen LogP contribution in [0.1, 0.15) is 35.3 Å². The third-order valence-corrected chi connectivity index (χ3v) is 10.5. The summed E-state index contributed by atoms with van der Waals surface area (Å²) in [6.07, 6.45) is 16.0. The van der Waals surface area contributed by atoms with Crippen LogP contribution < -0.4 is 10.4 Å². The van der Waals surface area contributed by atoms with Crippen LogP contribution in [-0.4, -0.2) is 0 Å². The molecule has 0 aliphatic heterocycles. The zero-order chi connectivity index (χ0) is 36.6. The van der Waals surface area contributed by atoms with Crippen LogP contribution in [-0.2, 0) is 0 Å². The number of rotatable bonds is 7. The van der Waals surface area contributed by atoms with Gasteiger partial charge in [0.2, 0.25) is 0 Å². The third-order valence-electron chi connectivity index (χ3n) is 10.5. The van der Waals surface area contributed by atoms with Gasteiger partial charge in [0.15, 0.2) is 0 Å². The third kappa shape index (κ3) is 5.79. The smallest absolute Gasteiger partial charge is 0.135 e. The lowest BCUT2D eigenvalue weighted by Crippen LogP contribution is -2.33. The van der Waals surface area contributed by atoms with E-state index >= 15 is 0 Å². The molecule has 0 amide bonds. The van der Waals surface area contributed by atoms with Gasteiger partial charge in [0.25, 0.3) is 0 Å². The van der Waals surface area contributed by atoms with Gasteiger partial charge in [-0.15, -0.1) is 0 Å². The fourth-order valence-electron chi connectivity index (χ4n) is 8.00. The van der Waals surface area contributed by atoms with Crippen molar-refractivity contribution in [2.45, 2.75) is 12.8 Å². The first-order chi connectivity index (χ1) is 26.6. The standard InChI is InChI=1S/C52H38O2/c1-4-6-19-41-32-48-47-33-50-39(31-38(47)27-28-49(48)54-41)26-25-36(18-14-29-53-50)37-16-13-17-40(30-37)52-45-23-11-9-21-43(45)51(44-22-10-12-24-46(44)52)34(3)42-20-8-7-15-35(42)5-2/h4-9,11,13-33H,1-3,10,12H2/b19-6-,26-25?,29-14?,36-18?. The minimum Gasteiger partial charge on any atom is -0.464 e. The Hall–Kier alpha value is -6.90. The lowest BCUT2D eigenvalue weighted by Gasteiger charge is -2.20. The normalized spacial score (nSPS) is 12.4. The van der Waals surface area contributed by atoms with E-state index in [2.05, 4.69) is 141 Å². The van der Waals surface area contributed by atoms with Gasteiger partial charge in [-0.1, -0.05) is 141 Å². The maximum absolute atomic E-state index is 6.25. The van der Waals surface area contributed by atoms with Crippen molar-refractivity contribution in [3.05, 3.63) is 198 Å². The molecule has 1 aliphatic carbocycles. The fourth-order valence-corrected chi connectivity index (χ4v) is 8.00. The lowest BCUT2D eigenvalue weighted by molar-refractivity contribution is 0.604. The van der Waals surface area contributed by atoms with Gasteiger partial charge in [0.05, 0.1) is 6.26 Å². The maximum atomic E-state index is 6.25. The number of fused-ring (bicyclic) bond motifs is 6. The second-order valence-electron chi connectivity index (χ2n) is 13.7. The van der Waals surface area contributed by atoms with Crippen LogP contribution in [0.15, 0.2) is 174 Å². The Labute approximate surface area is 314 Å². The molecule has 0 unspecified atom stereocenters. The highest BCUT2D eigenvalue weighted by Crippen LogP contribution is 2.35. The van der Waals surface area contributed by atoms with Crippen molar-refractivity contribution in [2.75, 3.05) is 0 Å². The molecule has 0 saturated heterocycles. The summed E-state index contributed by atoms with van der Waals surface area (Å²) in [6, 6.07) is 45.0. The lowest BCUT2D eigenvalue weighted by atomic mass is 9.84. The monoisotopic (exact) mass is 694 g/mol. The zero-order valence-corrected chi connectivity index (χ0v) is 30.0. The van der Waals surface area contributed by atoms with Crippen molar-refractivity contribution in [1.82, 2.24) is 0 Å². The molecule has 54 heavy (non-hydrogen) atoms. The van der Waals surface area contributed by atoms with E-state index in [1.54, 1.807) is 12.3 Å². The highest BCUT2D eigenvalue weighted by atomic mass is 16.3. The van der Waals surface area contributed by atoms with E-state index < -0.39 is 0 Å². The predicted octanol–water partition coefficient (Wildman–Crippen LogP) is 13.2. The number of allylic oxidation sites excluding steroid dienone is 2. The molecule has 1 aliphatic rings. The average molecular weight is 695 g/mol. The summed E-state index contributed by atoms with van der Waals surface area (Å²) in [5.41, 5.74) is 10.7. The zero-order valence-electron chi connectivity index (χ0n) is 30.0. The van der Waals surface area contributed by atoms with Crippen LogP contribution >= 0.6 is 0 Å². The van der Waals surface area contributed by atoms with Crippen LogP contribution in [0.25, 0.3) is 95.6 Å². The molecule has 0 spiro atoms. The van der Waals surface area contributed by atoms with Gasteiger partial charge < -0.3 is 8.83 Å². The quantitative estimate of drug-likeness (QED) is 0.155. The highest BCUT2D eigenvalue weighted by Gasteiger charge is 2.18. The molecule has 0 fully saturated rings. The molecule has 8 aromatic rings. The summed E-state index contributed by atoms with van der Waals surface area (Å²) >= 11 is 0. The van der Waals surface area contributed by atoms with Gasteiger partial charge in [-0.3, -0.25) is 0 Å². The summed E-state index contributed by atoms with van der Waals surface area (Å²) < 4.78 is 12.3. The van der Waals surface area contributed by atoms with Crippen molar-refractivity contribution in [1.29, 1.82) is 0 Å². The highest BCUT2D eigenvalue weighted by molar-refractivity contribution is 6.10. The van der Waals surface area contributed by atoms with Crippen LogP contribution in [0.4, 0.5) is 0 Å². The SMILES string of the molecule is C=C/C=C\c1cc2c(ccc3cc4ccc(-c5cccc(-c6c7c(c(C(=C)c8ccccc8C=C)c8ccccc68)=CCCC=7)c5)cccoc4cc32)o1. The predicted molar refractivity (Wildman–Crippen MR) is 231 cm³/mol. The van der Waals surface area contributed by atoms with Crippen LogP contribution in [0, 0.1) is 0 Å². The van der Waals surface area contributed by atoms with E-state index in [1.165, 1.54) is 37.9 Å². The molecule has 9 rings (SSSR count). The number of hydrogen-bond donors (Lipinski definition) is 0. The van der Waals surface area contributed by atoms with E-state index in [9.17, 15) is 0 Å². The molecule has 0 saturated carbocycles. The first kappa shape index (κ1) is 33.0. The van der Waals surface area contributed by atoms with Crippen molar-refractivity contribution in [3.8, 4) is 22.3 Å². The second kappa shape index (κ2) is 13.9. The van der Waals surface area contributed by atoms with E-state index in [4.69, 9.17) is 15.4 Å². The topological polar surface area (TPSA) is 26.3 Å². The van der Waals surface area contributed by atoms with Crippen molar-refractivity contribution < 1.29 is 8.83 Å². The van der Waals surface area contributed by atoms with E-state index in [0.717, 1.165) is 79.1 Å². The minimum absolute atomic E-state index is 0.789. The van der Waals surface area contributed by atoms with Gasteiger partial charge in [0, 0.05) is 10.8 Å². The Balaban J connectivity index is 1.19. The first-order valence-corrected chi connectivity index (χ1v) is 18.4. The van der Waals surface area contributed by atoms with E-state index in [0.29, 0.717) is 0 Å². The maximum Gasteiger partial charge on any atom is 0.135 e. The summed E-state index contributed by atoms with van der Waals surface area (Å²) in [4.78, 5) is 0. The molecule has 0 radical (unpaired) electrons. The number of benzene rings is 6. The number of furan rings is 1. The molecular formula is C52H38O2. The summed E-state index contributed by atoms with van der Waals surface area (Å²) in [5.74, 6) is 0.790. The van der Waals surface area contributed by atoms with E-state index in [-0.39, 0.29) is 0 Å². The van der Waals surface area contributed by atoms with Crippen LogP contribution in [0.2, 0.25) is 0 Å². The average Bonchev–Trinajstić information content (AvgIpc) is 3.68. The molecular weight excluding hydrogens is 657 g/mol. The summed E-state index contributed by atoms with van der Waals surface area (Å²) in [7, 11) is 0. The van der Waals surface area contributed by atoms with E-state index in [1.807, 2.05) is 30.4 Å². The largest absolute Gasteiger partial charge is 0.464 e. The van der Waals surface area contributed by atoms with Crippen molar-refractivity contribution in [2.24, 2.45) is 0 Å². The molecule has 258 valence electrons. The van der Waals surface area contributed by atoms with Gasteiger partial charge in [-0.05, 0) is 132 Å². The summed E-state index contributed by atoms with van der Waals surface area (Å²) in [6.45, 7) is 12.6. The minimum atomic E-state index is 0.789. The van der Waals surface area contributed by atoms with Gasteiger partial charge in [-0.2, -0.15) is 0 Å². The molecule has 0 bridgehead atoms.